The Bertz CT molecular complexity index is 632. The first kappa shape index (κ1) is 14.0. The molecule has 0 aliphatic carbocycles. The van der Waals surface area contributed by atoms with E-state index < -0.39 is 15.8 Å². The van der Waals surface area contributed by atoms with Crippen molar-refractivity contribution in [1.82, 2.24) is 4.31 Å². The van der Waals surface area contributed by atoms with E-state index in [4.69, 9.17) is 5.73 Å². The van der Waals surface area contributed by atoms with Crippen molar-refractivity contribution in [3.63, 3.8) is 0 Å². The fourth-order valence-corrected chi connectivity index (χ4v) is 3.46. The van der Waals surface area contributed by atoms with E-state index in [1.54, 1.807) is 12.1 Å². The van der Waals surface area contributed by atoms with Crippen molar-refractivity contribution in [2.45, 2.75) is 13.0 Å². The fraction of sp³-hybridized carbons (Fsp3) is 0.385. The van der Waals surface area contributed by atoms with Gasteiger partial charge in [-0.1, -0.05) is 17.9 Å². The Balaban J connectivity index is 2.18. The molecule has 0 unspecified atom stereocenters. The van der Waals surface area contributed by atoms with Gasteiger partial charge in [-0.25, -0.2) is 12.8 Å². The van der Waals surface area contributed by atoms with E-state index in [-0.39, 0.29) is 18.8 Å². The first-order chi connectivity index (χ1) is 9.03. The summed E-state index contributed by atoms with van der Waals surface area (Å²) in [6, 6.07) is 4.55. The Morgan fingerprint density at radius 3 is 2.79 bits per heavy atom. The second-order valence-corrected chi connectivity index (χ2v) is 6.40. The van der Waals surface area contributed by atoms with Crippen molar-refractivity contribution in [3.8, 4) is 11.8 Å². The minimum Gasteiger partial charge on any atom is -0.320 e. The van der Waals surface area contributed by atoms with Gasteiger partial charge in [0.05, 0.1) is 12.3 Å². The first-order valence-corrected chi connectivity index (χ1v) is 7.59. The molecule has 0 aromatic heterocycles. The summed E-state index contributed by atoms with van der Waals surface area (Å²) in [5.41, 5.74) is 6.14. The topological polar surface area (TPSA) is 63.4 Å². The SMILES string of the molecule is NCC#Cc1ccc(CN2CCCS2(=O)=O)c(F)c1. The summed E-state index contributed by atoms with van der Waals surface area (Å²) in [4.78, 5) is 0. The van der Waals surface area contributed by atoms with Gasteiger partial charge in [0.1, 0.15) is 5.82 Å². The molecule has 1 aliphatic rings. The van der Waals surface area contributed by atoms with Crippen molar-refractivity contribution in [2.24, 2.45) is 5.73 Å². The van der Waals surface area contributed by atoms with Crippen LogP contribution in [0.4, 0.5) is 4.39 Å². The van der Waals surface area contributed by atoms with Gasteiger partial charge in [-0.3, -0.25) is 0 Å². The lowest BCUT2D eigenvalue weighted by Gasteiger charge is -2.14. The molecular formula is C13H15FN2O2S. The van der Waals surface area contributed by atoms with Gasteiger partial charge in [0.2, 0.25) is 10.0 Å². The maximum Gasteiger partial charge on any atom is 0.214 e. The van der Waals surface area contributed by atoms with Crippen molar-refractivity contribution in [2.75, 3.05) is 18.8 Å². The molecule has 2 N–H and O–H groups in total. The number of hydrogen-bond acceptors (Lipinski definition) is 3. The second-order valence-electron chi connectivity index (χ2n) is 4.32. The number of nitrogens with zero attached hydrogens (tertiary/aromatic N) is 1. The summed E-state index contributed by atoms with van der Waals surface area (Å²) in [5.74, 6) is 5.09. The Labute approximate surface area is 112 Å². The minimum atomic E-state index is -3.20. The molecule has 0 amide bonds. The van der Waals surface area contributed by atoms with Crippen LogP contribution < -0.4 is 5.73 Å². The second kappa shape index (κ2) is 5.70. The van der Waals surface area contributed by atoms with Crippen LogP contribution in [0.25, 0.3) is 0 Å². The summed E-state index contributed by atoms with van der Waals surface area (Å²) in [6.07, 6.45) is 0.601. The van der Waals surface area contributed by atoms with Crippen LogP contribution in [0.15, 0.2) is 18.2 Å². The third kappa shape index (κ3) is 3.32. The lowest BCUT2D eigenvalue weighted by molar-refractivity contribution is 0.430. The van der Waals surface area contributed by atoms with Crippen LogP contribution in [-0.2, 0) is 16.6 Å². The molecule has 0 spiro atoms. The van der Waals surface area contributed by atoms with Crippen LogP contribution in [0.3, 0.4) is 0 Å². The number of nitrogens with two attached hydrogens (primary N) is 1. The molecule has 102 valence electrons. The Kier molecular flexibility index (Phi) is 4.20. The molecule has 6 heteroatoms. The summed E-state index contributed by atoms with van der Waals surface area (Å²) in [6.45, 7) is 0.755. The lowest BCUT2D eigenvalue weighted by Crippen LogP contribution is -2.25. The van der Waals surface area contributed by atoms with Crippen molar-refractivity contribution >= 4 is 10.0 Å². The molecule has 19 heavy (non-hydrogen) atoms. The highest BCUT2D eigenvalue weighted by atomic mass is 32.2. The maximum absolute atomic E-state index is 13.9. The largest absolute Gasteiger partial charge is 0.320 e. The van der Waals surface area contributed by atoms with Gasteiger partial charge in [-0.15, -0.1) is 0 Å². The highest BCUT2D eigenvalue weighted by molar-refractivity contribution is 7.89. The molecule has 2 rings (SSSR count). The number of rotatable bonds is 2. The van der Waals surface area contributed by atoms with Crippen molar-refractivity contribution in [3.05, 3.63) is 35.1 Å². The number of halogens is 1. The molecule has 1 aromatic rings. The van der Waals surface area contributed by atoms with Gasteiger partial charge < -0.3 is 5.73 Å². The zero-order valence-electron chi connectivity index (χ0n) is 10.4. The summed E-state index contributed by atoms with van der Waals surface area (Å²) >= 11 is 0. The molecule has 1 heterocycles. The smallest absolute Gasteiger partial charge is 0.214 e. The number of benzene rings is 1. The molecule has 1 fully saturated rings. The van der Waals surface area contributed by atoms with Gasteiger partial charge in [-0.2, -0.15) is 4.31 Å². The minimum absolute atomic E-state index is 0.0821. The highest BCUT2D eigenvalue weighted by Crippen LogP contribution is 2.19. The average Bonchev–Trinajstić information content (AvgIpc) is 2.69. The Morgan fingerprint density at radius 1 is 1.42 bits per heavy atom. The van der Waals surface area contributed by atoms with E-state index in [1.165, 1.54) is 10.4 Å². The fourth-order valence-electron chi connectivity index (χ4n) is 1.97. The number of hydrogen-bond donors (Lipinski definition) is 1. The molecule has 1 aliphatic heterocycles. The molecular weight excluding hydrogens is 267 g/mol. The van der Waals surface area contributed by atoms with E-state index in [1.807, 2.05) is 0 Å². The van der Waals surface area contributed by atoms with Crippen LogP contribution in [0.2, 0.25) is 0 Å². The molecule has 0 bridgehead atoms. The Morgan fingerprint density at radius 2 is 2.21 bits per heavy atom. The Hall–Kier alpha value is -1.42. The summed E-state index contributed by atoms with van der Waals surface area (Å²) < 4.78 is 38.5. The van der Waals surface area contributed by atoms with Crippen LogP contribution in [0.1, 0.15) is 17.5 Å². The molecule has 1 aromatic carbocycles. The van der Waals surface area contributed by atoms with E-state index >= 15 is 0 Å². The van der Waals surface area contributed by atoms with Gasteiger partial charge in [0.15, 0.2) is 0 Å². The molecule has 4 nitrogen and oxygen atoms in total. The normalized spacial score (nSPS) is 18.0. The van der Waals surface area contributed by atoms with E-state index in [0.29, 0.717) is 24.1 Å². The molecule has 1 saturated heterocycles. The lowest BCUT2D eigenvalue weighted by atomic mass is 10.1. The quantitative estimate of drug-likeness (QED) is 0.811. The molecule has 0 saturated carbocycles. The maximum atomic E-state index is 13.9. The first-order valence-electron chi connectivity index (χ1n) is 5.98. The summed E-state index contributed by atoms with van der Waals surface area (Å²) in [5, 5.41) is 0. The van der Waals surface area contributed by atoms with E-state index in [0.717, 1.165) is 0 Å². The zero-order valence-corrected chi connectivity index (χ0v) is 11.2. The average molecular weight is 282 g/mol. The predicted molar refractivity (Wildman–Crippen MR) is 71.1 cm³/mol. The predicted octanol–water partition coefficient (Wildman–Crippen LogP) is 0.671. The highest BCUT2D eigenvalue weighted by Gasteiger charge is 2.28. The molecule has 0 radical (unpaired) electrons. The van der Waals surface area contributed by atoms with Gasteiger partial charge in [-0.05, 0) is 18.6 Å². The monoisotopic (exact) mass is 282 g/mol. The van der Waals surface area contributed by atoms with Gasteiger partial charge in [0, 0.05) is 24.2 Å². The third-order valence-corrected chi connectivity index (χ3v) is 4.84. The van der Waals surface area contributed by atoms with Gasteiger partial charge >= 0.3 is 0 Å². The third-order valence-electron chi connectivity index (χ3n) is 2.94. The number of sulfonamides is 1. The van der Waals surface area contributed by atoms with E-state index in [2.05, 4.69) is 11.8 Å². The van der Waals surface area contributed by atoms with Crippen molar-refractivity contribution < 1.29 is 12.8 Å². The van der Waals surface area contributed by atoms with Crippen LogP contribution in [0, 0.1) is 17.7 Å². The van der Waals surface area contributed by atoms with Gasteiger partial charge in [0.25, 0.3) is 0 Å². The van der Waals surface area contributed by atoms with Crippen molar-refractivity contribution in [1.29, 1.82) is 0 Å². The van der Waals surface area contributed by atoms with Crippen LogP contribution in [-0.4, -0.2) is 31.6 Å². The van der Waals surface area contributed by atoms with Crippen LogP contribution >= 0.6 is 0 Å². The standard InChI is InChI=1S/C13H15FN2O2S/c14-13-9-11(3-1-6-15)4-5-12(13)10-16-7-2-8-19(16,17)18/h4-5,9H,2,6-8,10,15H2. The summed E-state index contributed by atoms with van der Waals surface area (Å²) in [7, 11) is -3.20. The zero-order chi connectivity index (χ0) is 13.9. The molecule has 0 atom stereocenters. The van der Waals surface area contributed by atoms with Crippen LogP contribution in [0.5, 0.6) is 0 Å². The van der Waals surface area contributed by atoms with E-state index in [9.17, 15) is 12.8 Å².